The minimum absolute atomic E-state index is 0.117. The second-order valence-electron chi connectivity index (χ2n) is 8.26. The molecule has 1 heterocycles. The summed E-state index contributed by atoms with van der Waals surface area (Å²) in [5.74, 6) is 1.42. The second kappa shape index (κ2) is 15.2. The van der Waals surface area contributed by atoms with E-state index in [1.165, 1.54) is 11.8 Å². The molecule has 2 N–H and O–H groups in total. The summed E-state index contributed by atoms with van der Waals surface area (Å²) < 4.78 is 12.1. The zero-order valence-corrected chi connectivity index (χ0v) is 24.1. The molecule has 0 fully saturated rings. The van der Waals surface area contributed by atoms with Crippen molar-refractivity contribution in [3.8, 4) is 5.75 Å². The van der Waals surface area contributed by atoms with Gasteiger partial charge in [0.15, 0.2) is 11.0 Å². The van der Waals surface area contributed by atoms with E-state index in [1.54, 1.807) is 74.3 Å². The number of rotatable bonds is 14. The summed E-state index contributed by atoms with van der Waals surface area (Å²) in [5, 5.41) is 15.2. The highest BCUT2D eigenvalue weighted by atomic mass is 32.2. The molecule has 0 saturated carbocycles. The van der Waals surface area contributed by atoms with Crippen molar-refractivity contribution in [3.05, 3.63) is 65.5 Å². The highest BCUT2D eigenvalue weighted by Gasteiger charge is 2.23. The van der Waals surface area contributed by atoms with Gasteiger partial charge in [0.1, 0.15) is 5.75 Å². The normalized spacial score (nSPS) is 11.5. The molecule has 0 bridgehead atoms. The summed E-state index contributed by atoms with van der Waals surface area (Å²) in [6, 6.07) is 13.1. The van der Waals surface area contributed by atoms with E-state index in [0.717, 1.165) is 5.75 Å². The van der Waals surface area contributed by atoms with E-state index >= 15 is 0 Å². The minimum Gasteiger partial charge on any atom is -0.497 e. The summed E-state index contributed by atoms with van der Waals surface area (Å²) in [5.41, 5.74) is 1.52. The van der Waals surface area contributed by atoms with Crippen LogP contribution in [0.1, 0.15) is 52.9 Å². The van der Waals surface area contributed by atoms with Gasteiger partial charge in [-0.15, -0.1) is 10.2 Å². The van der Waals surface area contributed by atoms with E-state index in [4.69, 9.17) is 9.47 Å². The van der Waals surface area contributed by atoms with Gasteiger partial charge < -0.3 is 24.7 Å². The molecule has 3 aromatic rings. The maximum absolute atomic E-state index is 13.0. The van der Waals surface area contributed by atoms with Gasteiger partial charge in [-0.1, -0.05) is 11.8 Å². The highest BCUT2D eigenvalue weighted by Crippen LogP contribution is 2.24. The Kier molecular flexibility index (Phi) is 11.7. The van der Waals surface area contributed by atoms with E-state index in [9.17, 15) is 14.4 Å². The molecule has 208 valence electrons. The number of thioether (sulfide) groups is 2. The lowest BCUT2D eigenvalue weighted by atomic mass is 10.1. The monoisotopic (exact) mass is 571 g/mol. The van der Waals surface area contributed by atoms with Crippen LogP contribution >= 0.6 is 23.5 Å². The lowest BCUT2D eigenvalue weighted by molar-refractivity contribution is -0.113. The van der Waals surface area contributed by atoms with Gasteiger partial charge in [0, 0.05) is 17.8 Å². The molecule has 0 aliphatic heterocycles. The predicted octanol–water partition coefficient (Wildman–Crippen LogP) is 4.44. The quantitative estimate of drug-likeness (QED) is 0.213. The van der Waals surface area contributed by atoms with Crippen molar-refractivity contribution >= 4 is 47.0 Å². The topological polar surface area (TPSA) is 124 Å². The maximum atomic E-state index is 13.0. The zero-order valence-electron chi connectivity index (χ0n) is 22.4. The van der Waals surface area contributed by atoms with Gasteiger partial charge in [-0.05, 0) is 80.8 Å². The Morgan fingerprint density at radius 1 is 1.00 bits per heavy atom. The summed E-state index contributed by atoms with van der Waals surface area (Å²) in [4.78, 5) is 37.4. The Balaban J connectivity index is 1.65. The van der Waals surface area contributed by atoms with Crippen LogP contribution in [0.5, 0.6) is 5.75 Å². The van der Waals surface area contributed by atoms with Crippen LogP contribution in [0.2, 0.25) is 0 Å². The highest BCUT2D eigenvalue weighted by molar-refractivity contribution is 7.99. The molecule has 39 heavy (non-hydrogen) atoms. The third kappa shape index (κ3) is 8.49. The molecule has 1 aromatic heterocycles. The van der Waals surface area contributed by atoms with Gasteiger partial charge in [0.25, 0.3) is 5.91 Å². The number of esters is 1. The average molecular weight is 572 g/mol. The Morgan fingerprint density at radius 3 is 2.31 bits per heavy atom. The first-order chi connectivity index (χ1) is 18.9. The molecule has 2 aromatic carbocycles. The van der Waals surface area contributed by atoms with Crippen molar-refractivity contribution in [1.82, 2.24) is 20.1 Å². The predicted molar refractivity (Wildman–Crippen MR) is 154 cm³/mol. The molecule has 0 aliphatic rings. The SMILES string of the molecule is CCOC(=O)c1ccc(NC(=O)CSc2nnc([C@H](CCSC)NC(=O)c3ccc(OC)cc3)n2CC)cc1. The van der Waals surface area contributed by atoms with Crippen LogP contribution in [0.3, 0.4) is 0 Å². The van der Waals surface area contributed by atoms with Crippen molar-refractivity contribution in [2.24, 2.45) is 0 Å². The van der Waals surface area contributed by atoms with Crippen LogP contribution in [0, 0.1) is 0 Å². The number of hydrogen-bond acceptors (Lipinski definition) is 9. The van der Waals surface area contributed by atoms with Crippen LogP contribution in [0.15, 0.2) is 53.7 Å². The lowest BCUT2D eigenvalue weighted by Crippen LogP contribution is -2.31. The van der Waals surface area contributed by atoms with E-state index in [1.807, 2.05) is 17.7 Å². The Morgan fingerprint density at radius 2 is 1.69 bits per heavy atom. The number of hydrogen-bond donors (Lipinski definition) is 2. The smallest absolute Gasteiger partial charge is 0.338 e. The van der Waals surface area contributed by atoms with Gasteiger partial charge in [0.05, 0.1) is 31.1 Å². The van der Waals surface area contributed by atoms with Gasteiger partial charge in [0.2, 0.25) is 5.91 Å². The number of carbonyl (C=O) groups is 3. The number of ether oxygens (including phenoxy) is 2. The van der Waals surface area contributed by atoms with Crippen molar-refractivity contribution in [2.75, 3.05) is 36.8 Å². The maximum Gasteiger partial charge on any atom is 0.338 e. The Labute approximate surface area is 236 Å². The van der Waals surface area contributed by atoms with Crippen LogP contribution in [-0.2, 0) is 16.1 Å². The van der Waals surface area contributed by atoms with E-state index in [0.29, 0.717) is 53.1 Å². The van der Waals surface area contributed by atoms with Crippen molar-refractivity contribution < 1.29 is 23.9 Å². The molecule has 0 saturated heterocycles. The number of amides is 2. The first kappa shape index (κ1) is 30.0. The fourth-order valence-corrected chi connectivity index (χ4v) is 4.96. The molecular formula is C27H33N5O5S2. The van der Waals surface area contributed by atoms with Gasteiger partial charge in [-0.3, -0.25) is 9.59 Å². The molecular weight excluding hydrogens is 538 g/mol. The molecule has 1 atom stereocenters. The molecule has 0 spiro atoms. The van der Waals surface area contributed by atoms with Gasteiger partial charge >= 0.3 is 5.97 Å². The summed E-state index contributed by atoms with van der Waals surface area (Å²) in [7, 11) is 1.58. The number of methoxy groups -OCH3 is 1. The largest absolute Gasteiger partial charge is 0.497 e. The molecule has 2 amide bonds. The number of benzene rings is 2. The molecule has 10 nitrogen and oxygen atoms in total. The number of nitrogens with zero attached hydrogens (tertiary/aromatic N) is 3. The number of carbonyl (C=O) groups excluding carboxylic acids is 3. The number of nitrogens with one attached hydrogen (secondary N) is 2. The van der Waals surface area contributed by atoms with Crippen molar-refractivity contribution in [3.63, 3.8) is 0 Å². The molecule has 0 radical (unpaired) electrons. The van der Waals surface area contributed by atoms with E-state index in [2.05, 4.69) is 20.8 Å². The minimum atomic E-state index is -0.406. The molecule has 3 rings (SSSR count). The molecule has 12 heteroatoms. The lowest BCUT2D eigenvalue weighted by Gasteiger charge is -2.19. The Hall–Kier alpha value is -3.51. The zero-order chi connectivity index (χ0) is 28.2. The standard InChI is InChI=1S/C27H33N5O5S2/c1-5-32-24(22(15-16-38-4)29-25(34)18-9-13-21(36-3)14-10-18)30-31-27(32)39-17-23(33)28-20-11-7-19(8-12-20)26(35)37-6-2/h7-14,22H,5-6,15-17H2,1-4H3,(H,28,33)(H,29,34)/t22-/m0/s1. The Bertz CT molecular complexity index is 1250. The summed E-state index contributed by atoms with van der Waals surface area (Å²) in [6.45, 7) is 4.59. The summed E-state index contributed by atoms with van der Waals surface area (Å²) in [6.07, 6.45) is 2.69. The summed E-state index contributed by atoms with van der Waals surface area (Å²) >= 11 is 2.95. The van der Waals surface area contributed by atoms with Crippen LogP contribution in [-0.4, -0.2) is 64.0 Å². The fourth-order valence-electron chi connectivity index (χ4n) is 3.68. The van der Waals surface area contributed by atoms with E-state index < -0.39 is 5.97 Å². The van der Waals surface area contributed by atoms with Crippen molar-refractivity contribution in [1.29, 1.82) is 0 Å². The van der Waals surface area contributed by atoms with Crippen LogP contribution in [0.4, 0.5) is 5.69 Å². The first-order valence-corrected chi connectivity index (χ1v) is 14.8. The fraction of sp³-hybridized carbons (Fsp3) is 0.370. The average Bonchev–Trinajstić information content (AvgIpc) is 3.37. The van der Waals surface area contributed by atoms with Crippen LogP contribution in [0.25, 0.3) is 0 Å². The number of anilines is 1. The molecule has 0 unspecified atom stereocenters. The van der Waals surface area contributed by atoms with Crippen molar-refractivity contribution in [2.45, 2.75) is 38.0 Å². The van der Waals surface area contributed by atoms with Gasteiger partial charge in [-0.25, -0.2) is 4.79 Å². The van der Waals surface area contributed by atoms with Crippen LogP contribution < -0.4 is 15.4 Å². The van der Waals surface area contributed by atoms with E-state index in [-0.39, 0.29) is 23.6 Å². The van der Waals surface area contributed by atoms with Gasteiger partial charge in [-0.2, -0.15) is 11.8 Å². The second-order valence-corrected chi connectivity index (χ2v) is 10.2. The number of aromatic nitrogens is 3. The third-order valence-corrected chi connectivity index (χ3v) is 7.26. The first-order valence-electron chi connectivity index (χ1n) is 12.5. The molecule has 0 aliphatic carbocycles. The third-order valence-electron chi connectivity index (χ3n) is 5.65.